The van der Waals surface area contributed by atoms with E-state index in [1.54, 1.807) is 19.2 Å². The fraction of sp³-hybridized carbons (Fsp3) is 0.438. The van der Waals surface area contributed by atoms with Crippen molar-refractivity contribution in [3.8, 4) is 0 Å². The second-order valence-corrected chi connectivity index (χ2v) is 6.60. The van der Waals surface area contributed by atoms with Crippen molar-refractivity contribution in [1.82, 2.24) is 15.3 Å². The van der Waals surface area contributed by atoms with Gasteiger partial charge in [0.05, 0.1) is 16.3 Å². The topological polar surface area (TPSA) is 83.3 Å². The number of hydrogen-bond acceptors (Lipinski definition) is 6. The van der Waals surface area contributed by atoms with Crippen LogP contribution in [0.2, 0.25) is 0 Å². The number of carbonyl (C=O) groups is 1. The van der Waals surface area contributed by atoms with Crippen molar-refractivity contribution in [3.05, 3.63) is 34.3 Å². The summed E-state index contributed by atoms with van der Waals surface area (Å²) in [6.45, 7) is 3.40. The van der Waals surface area contributed by atoms with Gasteiger partial charge in [-0.15, -0.1) is 0 Å². The standard InChI is InChI=1S/C16H20BrN5O2/c1-10-12(5-8-24-10)15(23)20-11-3-6-22(7-4-11)16-19-9-13(17)14(18-2)21-16/h5,8-9,11H,3-4,6-7H2,1-2H3,(H,20,23)(H,18,19,21). The quantitative estimate of drug-likeness (QED) is 0.830. The monoisotopic (exact) mass is 393 g/mol. The van der Waals surface area contributed by atoms with E-state index in [0.29, 0.717) is 17.3 Å². The van der Waals surface area contributed by atoms with Crippen LogP contribution in [0.3, 0.4) is 0 Å². The Morgan fingerprint density at radius 1 is 1.42 bits per heavy atom. The SMILES string of the molecule is CNc1nc(N2CCC(NC(=O)c3ccoc3C)CC2)ncc1Br. The average Bonchev–Trinajstić information content (AvgIpc) is 3.02. The van der Waals surface area contributed by atoms with E-state index in [4.69, 9.17) is 4.42 Å². The highest BCUT2D eigenvalue weighted by Gasteiger charge is 2.24. The third kappa shape index (κ3) is 3.53. The predicted octanol–water partition coefficient (Wildman–Crippen LogP) is 2.58. The van der Waals surface area contributed by atoms with Gasteiger partial charge in [0.2, 0.25) is 5.95 Å². The number of halogens is 1. The summed E-state index contributed by atoms with van der Waals surface area (Å²) in [7, 11) is 1.83. The maximum absolute atomic E-state index is 12.2. The highest BCUT2D eigenvalue weighted by molar-refractivity contribution is 9.10. The molecule has 8 heteroatoms. The molecule has 2 aromatic heterocycles. The van der Waals surface area contributed by atoms with Gasteiger partial charge in [-0.2, -0.15) is 4.98 Å². The molecule has 0 aromatic carbocycles. The molecule has 2 aromatic rings. The minimum atomic E-state index is -0.0722. The fourth-order valence-electron chi connectivity index (χ4n) is 2.79. The van der Waals surface area contributed by atoms with Crippen molar-refractivity contribution in [3.63, 3.8) is 0 Å². The average molecular weight is 394 g/mol. The normalized spacial score (nSPS) is 15.4. The molecular formula is C16H20BrN5O2. The number of carbonyl (C=O) groups excluding carboxylic acids is 1. The molecule has 2 N–H and O–H groups in total. The Balaban J connectivity index is 1.58. The number of nitrogens with one attached hydrogen (secondary N) is 2. The highest BCUT2D eigenvalue weighted by Crippen LogP contribution is 2.23. The van der Waals surface area contributed by atoms with E-state index in [2.05, 4.69) is 41.4 Å². The van der Waals surface area contributed by atoms with Crippen molar-refractivity contribution in [2.45, 2.75) is 25.8 Å². The van der Waals surface area contributed by atoms with Gasteiger partial charge in [-0.1, -0.05) is 0 Å². The van der Waals surface area contributed by atoms with E-state index in [1.165, 1.54) is 6.26 Å². The number of rotatable bonds is 4. The Kier molecular flexibility index (Phi) is 5.03. The largest absolute Gasteiger partial charge is 0.469 e. The van der Waals surface area contributed by atoms with Crippen LogP contribution >= 0.6 is 15.9 Å². The molecule has 1 aliphatic rings. The van der Waals surface area contributed by atoms with Gasteiger partial charge in [-0.05, 0) is 41.8 Å². The first-order chi connectivity index (χ1) is 11.6. The Morgan fingerprint density at radius 2 is 2.17 bits per heavy atom. The summed E-state index contributed by atoms with van der Waals surface area (Å²) in [6, 6.07) is 1.86. The fourth-order valence-corrected chi connectivity index (χ4v) is 3.18. The molecule has 7 nitrogen and oxygen atoms in total. The summed E-state index contributed by atoms with van der Waals surface area (Å²) in [4.78, 5) is 23.3. The van der Waals surface area contributed by atoms with Crippen molar-refractivity contribution in [1.29, 1.82) is 0 Å². The lowest BCUT2D eigenvalue weighted by Crippen LogP contribution is -2.45. The molecule has 128 valence electrons. The van der Waals surface area contributed by atoms with Crippen LogP contribution in [0.4, 0.5) is 11.8 Å². The second-order valence-electron chi connectivity index (χ2n) is 5.74. The summed E-state index contributed by atoms with van der Waals surface area (Å²) in [6.07, 6.45) is 5.01. The van der Waals surface area contributed by atoms with Crippen LogP contribution in [0.25, 0.3) is 0 Å². The van der Waals surface area contributed by atoms with Gasteiger partial charge in [-0.3, -0.25) is 4.79 Å². The first-order valence-electron chi connectivity index (χ1n) is 7.88. The molecule has 0 spiro atoms. The van der Waals surface area contributed by atoms with Crippen LogP contribution < -0.4 is 15.5 Å². The van der Waals surface area contributed by atoms with Gasteiger partial charge in [0, 0.05) is 32.4 Å². The van der Waals surface area contributed by atoms with Gasteiger partial charge in [0.25, 0.3) is 5.91 Å². The zero-order valence-corrected chi connectivity index (χ0v) is 15.3. The first-order valence-corrected chi connectivity index (χ1v) is 8.68. The minimum Gasteiger partial charge on any atom is -0.469 e. The maximum atomic E-state index is 12.2. The zero-order valence-electron chi connectivity index (χ0n) is 13.7. The molecule has 3 heterocycles. The van der Waals surface area contributed by atoms with Crippen molar-refractivity contribution in [2.24, 2.45) is 0 Å². The molecule has 1 saturated heterocycles. The molecule has 0 radical (unpaired) electrons. The van der Waals surface area contributed by atoms with Crippen LogP contribution in [0.1, 0.15) is 29.0 Å². The van der Waals surface area contributed by atoms with E-state index < -0.39 is 0 Å². The van der Waals surface area contributed by atoms with Crippen molar-refractivity contribution >= 4 is 33.6 Å². The summed E-state index contributed by atoms with van der Waals surface area (Å²) < 4.78 is 6.03. The van der Waals surface area contributed by atoms with Crippen LogP contribution in [0.5, 0.6) is 0 Å². The Labute approximate surface area is 149 Å². The number of anilines is 2. The Hall–Kier alpha value is -2.09. The maximum Gasteiger partial charge on any atom is 0.255 e. The van der Waals surface area contributed by atoms with E-state index >= 15 is 0 Å². The van der Waals surface area contributed by atoms with Gasteiger partial charge in [0.15, 0.2) is 0 Å². The lowest BCUT2D eigenvalue weighted by molar-refractivity contribution is 0.0929. The van der Waals surface area contributed by atoms with Crippen LogP contribution in [-0.4, -0.2) is 42.1 Å². The Morgan fingerprint density at radius 3 is 2.79 bits per heavy atom. The highest BCUT2D eigenvalue weighted by atomic mass is 79.9. The second kappa shape index (κ2) is 7.21. The lowest BCUT2D eigenvalue weighted by Gasteiger charge is -2.32. The summed E-state index contributed by atoms with van der Waals surface area (Å²) in [5.74, 6) is 2.05. The van der Waals surface area contributed by atoms with E-state index in [9.17, 15) is 4.79 Å². The summed E-state index contributed by atoms with van der Waals surface area (Å²) in [5.41, 5.74) is 0.604. The molecule has 1 fully saturated rings. The zero-order chi connectivity index (χ0) is 17.1. The number of nitrogens with zero attached hydrogens (tertiary/aromatic N) is 3. The van der Waals surface area contributed by atoms with E-state index in [-0.39, 0.29) is 11.9 Å². The van der Waals surface area contributed by atoms with E-state index in [0.717, 1.165) is 36.2 Å². The van der Waals surface area contributed by atoms with Crippen molar-refractivity contribution in [2.75, 3.05) is 30.4 Å². The van der Waals surface area contributed by atoms with Gasteiger partial charge < -0.3 is 20.0 Å². The first kappa shape index (κ1) is 16.8. The van der Waals surface area contributed by atoms with Gasteiger partial charge >= 0.3 is 0 Å². The van der Waals surface area contributed by atoms with E-state index in [1.807, 2.05) is 7.05 Å². The van der Waals surface area contributed by atoms with Crippen molar-refractivity contribution < 1.29 is 9.21 Å². The minimum absolute atomic E-state index is 0.0722. The van der Waals surface area contributed by atoms with Gasteiger partial charge in [0.1, 0.15) is 11.6 Å². The van der Waals surface area contributed by atoms with Crippen LogP contribution in [0, 0.1) is 6.92 Å². The van der Waals surface area contributed by atoms with Crippen LogP contribution in [0.15, 0.2) is 27.4 Å². The molecule has 1 aliphatic heterocycles. The molecule has 1 amide bonds. The third-order valence-corrected chi connectivity index (χ3v) is 4.76. The molecule has 3 rings (SSSR count). The molecule has 0 bridgehead atoms. The number of furan rings is 1. The molecule has 24 heavy (non-hydrogen) atoms. The molecule has 0 saturated carbocycles. The third-order valence-electron chi connectivity index (χ3n) is 4.18. The van der Waals surface area contributed by atoms with Gasteiger partial charge in [-0.25, -0.2) is 4.98 Å². The molecule has 0 aliphatic carbocycles. The number of piperidine rings is 1. The summed E-state index contributed by atoms with van der Waals surface area (Å²) >= 11 is 3.41. The lowest BCUT2D eigenvalue weighted by atomic mass is 10.0. The molecule has 0 unspecified atom stereocenters. The smallest absolute Gasteiger partial charge is 0.255 e. The number of hydrogen-bond donors (Lipinski definition) is 2. The summed E-state index contributed by atoms with van der Waals surface area (Å²) in [5, 5.41) is 6.12. The van der Waals surface area contributed by atoms with Crippen LogP contribution in [-0.2, 0) is 0 Å². The molecule has 0 atom stereocenters. The number of aryl methyl sites for hydroxylation is 1. The molecular weight excluding hydrogens is 374 g/mol. The number of amides is 1. The number of aromatic nitrogens is 2. The Bertz CT molecular complexity index is 725. The predicted molar refractivity (Wildman–Crippen MR) is 95.4 cm³/mol.